The number of nitrogens with two attached hydrogens (primary N) is 1. The van der Waals surface area contributed by atoms with Gasteiger partial charge in [0.1, 0.15) is 0 Å². The van der Waals surface area contributed by atoms with Crippen LogP contribution in [0.5, 0.6) is 0 Å². The first-order valence-electron chi connectivity index (χ1n) is 8.51. The molecule has 0 spiro atoms. The van der Waals surface area contributed by atoms with Crippen molar-refractivity contribution in [1.82, 2.24) is 19.9 Å². The van der Waals surface area contributed by atoms with Crippen molar-refractivity contribution in [3.05, 3.63) is 11.7 Å². The van der Waals surface area contributed by atoms with Crippen LogP contribution in [0.4, 0.5) is 0 Å². The van der Waals surface area contributed by atoms with E-state index in [0.717, 1.165) is 39.0 Å². The summed E-state index contributed by atoms with van der Waals surface area (Å²) in [6.07, 6.45) is 1.58. The standard InChI is InChI=1S/C16H29N5O2/c1-5-16(6-2,11-17)15(22)21-9-7-20(8-10-21)12(3)14-18-13(4)19-23-14/h12H,5-11,17H2,1-4H3. The highest BCUT2D eigenvalue weighted by molar-refractivity contribution is 5.83. The highest BCUT2D eigenvalue weighted by Gasteiger charge is 2.38. The molecule has 1 atom stereocenters. The molecule has 0 bridgehead atoms. The molecular weight excluding hydrogens is 294 g/mol. The van der Waals surface area contributed by atoms with Gasteiger partial charge in [-0.2, -0.15) is 4.98 Å². The lowest BCUT2D eigenvalue weighted by Crippen LogP contribution is -2.55. The summed E-state index contributed by atoms with van der Waals surface area (Å²) in [5.74, 6) is 1.49. The first-order valence-corrected chi connectivity index (χ1v) is 8.51. The SMILES string of the molecule is CCC(CC)(CN)C(=O)N1CCN(C(C)c2nc(C)no2)CC1. The smallest absolute Gasteiger partial charge is 0.243 e. The van der Waals surface area contributed by atoms with Gasteiger partial charge in [0.2, 0.25) is 11.8 Å². The van der Waals surface area contributed by atoms with Crippen LogP contribution in [0.2, 0.25) is 0 Å². The number of carbonyl (C=O) groups is 1. The summed E-state index contributed by atoms with van der Waals surface area (Å²) in [5, 5.41) is 3.85. The van der Waals surface area contributed by atoms with Crippen LogP contribution in [0, 0.1) is 12.3 Å². The van der Waals surface area contributed by atoms with Crippen LogP contribution in [-0.4, -0.2) is 58.6 Å². The molecule has 7 nitrogen and oxygen atoms in total. The number of piperazine rings is 1. The van der Waals surface area contributed by atoms with Gasteiger partial charge in [0.15, 0.2) is 5.82 Å². The van der Waals surface area contributed by atoms with Gasteiger partial charge in [0.05, 0.1) is 11.5 Å². The summed E-state index contributed by atoms with van der Waals surface area (Å²) in [4.78, 5) is 21.4. The van der Waals surface area contributed by atoms with Crippen LogP contribution in [0.1, 0.15) is 51.4 Å². The zero-order valence-electron chi connectivity index (χ0n) is 14.7. The van der Waals surface area contributed by atoms with Gasteiger partial charge in [-0.15, -0.1) is 0 Å². The zero-order chi connectivity index (χ0) is 17.0. The van der Waals surface area contributed by atoms with Crippen LogP contribution in [0.15, 0.2) is 4.52 Å². The average Bonchev–Trinajstić information content (AvgIpc) is 3.03. The Kier molecular flexibility index (Phi) is 5.75. The third-order valence-corrected chi connectivity index (χ3v) is 5.25. The molecule has 1 fully saturated rings. The largest absolute Gasteiger partial charge is 0.340 e. The number of carbonyl (C=O) groups excluding carboxylic acids is 1. The normalized spacial score (nSPS) is 18.2. The minimum atomic E-state index is -0.405. The van der Waals surface area contributed by atoms with Crippen molar-refractivity contribution < 1.29 is 9.32 Å². The van der Waals surface area contributed by atoms with E-state index in [1.54, 1.807) is 0 Å². The molecule has 2 rings (SSSR count). The van der Waals surface area contributed by atoms with Crippen molar-refractivity contribution in [2.75, 3.05) is 32.7 Å². The fourth-order valence-corrected chi connectivity index (χ4v) is 3.22. The van der Waals surface area contributed by atoms with Gasteiger partial charge in [-0.05, 0) is 26.7 Å². The molecule has 1 aliphatic heterocycles. The molecule has 0 radical (unpaired) electrons. The van der Waals surface area contributed by atoms with Crippen LogP contribution in [0.3, 0.4) is 0 Å². The molecule has 23 heavy (non-hydrogen) atoms. The van der Waals surface area contributed by atoms with Gasteiger partial charge in [0, 0.05) is 32.7 Å². The summed E-state index contributed by atoms with van der Waals surface area (Å²) < 4.78 is 5.26. The average molecular weight is 323 g/mol. The van der Waals surface area contributed by atoms with Crippen LogP contribution < -0.4 is 5.73 Å². The summed E-state index contributed by atoms with van der Waals surface area (Å²) in [6, 6.07) is 0.0741. The second-order valence-electron chi connectivity index (χ2n) is 6.38. The van der Waals surface area contributed by atoms with E-state index < -0.39 is 5.41 Å². The van der Waals surface area contributed by atoms with E-state index in [-0.39, 0.29) is 11.9 Å². The molecule has 1 aliphatic rings. The van der Waals surface area contributed by atoms with Crippen molar-refractivity contribution >= 4 is 5.91 Å². The molecule has 7 heteroatoms. The van der Waals surface area contributed by atoms with E-state index in [1.807, 2.05) is 25.7 Å². The summed E-state index contributed by atoms with van der Waals surface area (Å²) in [5.41, 5.74) is 5.50. The van der Waals surface area contributed by atoms with Gasteiger partial charge in [-0.1, -0.05) is 19.0 Å². The molecule has 0 saturated carbocycles. The summed E-state index contributed by atoms with van der Waals surface area (Å²) in [6.45, 7) is 11.4. The number of nitrogens with zero attached hydrogens (tertiary/aromatic N) is 4. The first-order chi connectivity index (χ1) is 11.0. The maximum Gasteiger partial charge on any atom is 0.243 e. The number of rotatable bonds is 6. The molecule has 0 aliphatic carbocycles. The molecule has 2 N–H and O–H groups in total. The minimum absolute atomic E-state index is 0.0741. The Morgan fingerprint density at radius 3 is 2.35 bits per heavy atom. The van der Waals surface area contributed by atoms with Gasteiger partial charge in [-0.25, -0.2) is 0 Å². The predicted molar refractivity (Wildman–Crippen MR) is 87.7 cm³/mol. The van der Waals surface area contributed by atoms with Gasteiger partial charge in [-0.3, -0.25) is 9.69 Å². The first kappa shape index (κ1) is 17.9. The summed E-state index contributed by atoms with van der Waals surface area (Å²) >= 11 is 0. The number of hydrogen-bond donors (Lipinski definition) is 1. The topological polar surface area (TPSA) is 88.5 Å². The minimum Gasteiger partial charge on any atom is -0.340 e. The van der Waals surface area contributed by atoms with E-state index in [9.17, 15) is 4.79 Å². The van der Waals surface area contributed by atoms with Crippen LogP contribution >= 0.6 is 0 Å². The Balaban J connectivity index is 1.96. The number of hydrogen-bond acceptors (Lipinski definition) is 6. The van der Waals surface area contributed by atoms with Crippen molar-refractivity contribution in [2.45, 2.75) is 46.6 Å². The molecule has 1 saturated heterocycles. The molecule has 130 valence electrons. The van der Waals surface area contributed by atoms with Crippen molar-refractivity contribution in [2.24, 2.45) is 11.1 Å². The predicted octanol–water partition coefficient (Wildman–Crippen LogP) is 1.35. The second-order valence-corrected chi connectivity index (χ2v) is 6.38. The fraction of sp³-hybridized carbons (Fsp3) is 0.812. The quantitative estimate of drug-likeness (QED) is 0.850. The highest BCUT2D eigenvalue weighted by Crippen LogP contribution is 2.29. The lowest BCUT2D eigenvalue weighted by Gasteiger charge is -2.41. The number of aryl methyl sites for hydroxylation is 1. The van der Waals surface area contributed by atoms with Crippen LogP contribution in [-0.2, 0) is 4.79 Å². The number of amides is 1. The summed E-state index contributed by atoms with van der Waals surface area (Å²) in [7, 11) is 0. The molecule has 1 aromatic rings. The maximum atomic E-state index is 12.8. The molecular formula is C16H29N5O2. The molecule has 2 heterocycles. The van der Waals surface area contributed by atoms with Crippen molar-refractivity contribution in [3.8, 4) is 0 Å². The molecule has 1 unspecified atom stereocenters. The monoisotopic (exact) mass is 323 g/mol. The third-order valence-electron chi connectivity index (χ3n) is 5.25. The highest BCUT2D eigenvalue weighted by atomic mass is 16.5. The molecule has 1 aromatic heterocycles. The van der Waals surface area contributed by atoms with E-state index in [4.69, 9.17) is 10.3 Å². The lowest BCUT2D eigenvalue weighted by atomic mass is 9.80. The van der Waals surface area contributed by atoms with E-state index in [1.165, 1.54) is 0 Å². The Hall–Kier alpha value is -1.47. The van der Waals surface area contributed by atoms with Gasteiger partial charge >= 0.3 is 0 Å². The Morgan fingerprint density at radius 2 is 1.91 bits per heavy atom. The van der Waals surface area contributed by atoms with Crippen molar-refractivity contribution in [3.63, 3.8) is 0 Å². The van der Waals surface area contributed by atoms with E-state index >= 15 is 0 Å². The number of aromatic nitrogens is 2. The zero-order valence-corrected chi connectivity index (χ0v) is 14.7. The molecule has 1 amide bonds. The van der Waals surface area contributed by atoms with Gasteiger partial charge in [0.25, 0.3) is 0 Å². The van der Waals surface area contributed by atoms with Gasteiger partial charge < -0.3 is 15.2 Å². The Bertz CT molecular complexity index is 510. The lowest BCUT2D eigenvalue weighted by molar-refractivity contribution is -0.144. The van der Waals surface area contributed by atoms with Crippen LogP contribution in [0.25, 0.3) is 0 Å². The molecule has 0 aromatic carbocycles. The van der Waals surface area contributed by atoms with Crippen molar-refractivity contribution in [1.29, 1.82) is 0 Å². The maximum absolute atomic E-state index is 12.8. The second kappa shape index (κ2) is 7.40. The third kappa shape index (κ3) is 3.55. The van der Waals surface area contributed by atoms with E-state index in [2.05, 4.69) is 22.0 Å². The van der Waals surface area contributed by atoms with E-state index in [0.29, 0.717) is 18.3 Å². The Morgan fingerprint density at radius 1 is 1.30 bits per heavy atom. The fourth-order valence-electron chi connectivity index (χ4n) is 3.22. The Labute approximate surface area is 138 Å².